The van der Waals surface area contributed by atoms with Crippen LogP contribution in [0.5, 0.6) is 0 Å². The predicted octanol–water partition coefficient (Wildman–Crippen LogP) is 4.24. The van der Waals surface area contributed by atoms with Crippen molar-refractivity contribution < 1.29 is 9.90 Å². The van der Waals surface area contributed by atoms with Gasteiger partial charge in [-0.1, -0.05) is 78.9 Å². The molecule has 3 nitrogen and oxygen atoms in total. The van der Waals surface area contributed by atoms with Gasteiger partial charge >= 0.3 is 0 Å². The van der Waals surface area contributed by atoms with Crippen LogP contribution in [0.25, 0.3) is 22.4 Å². The second kappa shape index (κ2) is 6.90. The Morgan fingerprint density at radius 3 is 1.96 bits per heavy atom. The van der Waals surface area contributed by atoms with Crippen LogP contribution in [0.2, 0.25) is 0 Å². The van der Waals surface area contributed by atoms with E-state index in [2.05, 4.69) is 4.99 Å². The summed E-state index contributed by atoms with van der Waals surface area (Å²) >= 11 is 0. The molecule has 0 radical (unpaired) electrons. The fourth-order valence-electron chi connectivity index (χ4n) is 3.12. The molecule has 1 heterocycles. The van der Waals surface area contributed by atoms with Gasteiger partial charge in [0.1, 0.15) is 0 Å². The summed E-state index contributed by atoms with van der Waals surface area (Å²) in [4.78, 5) is 17.1. The molecule has 26 heavy (non-hydrogen) atoms. The Hall–Kier alpha value is -3.30. The minimum atomic E-state index is -1.21. The van der Waals surface area contributed by atoms with Gasteiger partial charge in [-0.15, -0.1) is 0 Å². The number of aliphatic hydroxyl groups is 1. The third kappa shape index (κ3) is 3.01. The molecule has 3 aromatic rings. The van der Waals surface area contributed by atoms with Crippen LogP contribution in [0.1, 0.15) is 11.1 Å². The summed E-state index contributed by atoms with van der Waals surface area (Å²) in [7, 11) is 0. The molecular weight excluding hydrogens is 322 g/mol. The smallest absolute Gasteiger partial charge is 0.199 e. The maximum atomic E-state index is 12.8. The van der Waals surface area contributed by atoms with E-state index >= 15 is 0 Å². The molecule has 0 saturated heterocycles. The predicted molar refractivity (Wildman–Crippen MR) is 105 cm³/mol. The van der Waals surface area contributed by atoms with Gasteiger partial charge in [-0.25, -0.2) is 0 Å². The van der Waals surface area contributed by atoms with E-state index in [9.17, 15) is 9.90 Å². The van der Waals surface area contributed by atoms with Crippen molar-refractivity contribution in [3.8, 4) is 11.1 Å². The van der Waals surface area contributed by atoms with Crippen LogP contribution in [0.15, 0.2) is 89.9 Å². The molecule has 0 saturated carbocycles. The van der Waals surface area contributed by atoms with Crippen molar-refractivity contribution in [3.63, 3.8) is 0 Å². The maximum Gasteiger partial charge on any atom is 0.199 e. The number of rotatable bonds is 3. The average Bonchev–Trinajstić information content (AvgIpc) is 2.71. The number of nitrogens with zero attached hydrogens (tertiary/aromatic N) is 1. The number of benzene rings is 3. The largest absolute Gasteiger partial charge is 0.379 e. The number of hydrogen-bond acceptors (Lipinski definition) is 3. The lowest BCUT2D eigenvalue weighted by atomic mass is 9.90. The third-order valence-electron chi connectivity index (χ3n) is 4.40. The van der Waals surface area contributed by atoms with Crippen molar-refractivity contribution in [1.82, 2.24) is 0 Å². The first-order chi connectivity index (χ1) is 12.7. The number of carbonyl (C=O) groups excluding carboxylic acids is 1. The van der Waals surface area contributed by atoms with Gasteiger partial charge in [-0.3, -0.25) is 9.79 Å². The summed E-state index contributed by atoms with van der Waals surface area (Å²) in [5, 5.41) is 10.0. The number of aliphatic hydroxyl groups excluding tert-OH is 1. The van der Waals surface area contributed by atoms with E-state index in [1.165, 1.54) is 6.21 Å². The van der Waals surface area contributed by atoms with Crippen molar-refractivity contribution >= 4 is 23.3 Å². The summed E-state index contributed by atoms with van der Waals surface area (Å²) < 4.78 is 0. The highest BCUT2D eigenvalue weighted by Crippen LogP contribution is 2.33. The molecule has 1 N–H and O–H groups in total. The second-order valence-corrected chi connectivity index (χ2v) is 6.12. The SMILES string of the molecule is O=C1C(c2cccc(-c3ccccc3)c2)=C(c2ccccc2)N=CC1O. The highest BCUT2D eigenvalue weighted by Gasteiger charge is 2.27. The van der Waals surface area contributed by atoms with Crippen molar-refractivity contribution in [2.45, 2.75) is 6.10 Å². The molecule has 1 unspecified atom stereocenters. The van der Waals surface area contributed by atoms with Crippen molar-refractivity contribution in [2.24, 2.45) is 4.99 Å². The Bertz CT molecular complexity index is 1000. The summed E-state index contributed by atoms with van der Waals surface area (Å²) in [5.41, 5.74) is 4.73. The van der Waals surface area contributed by atoms with E-state index in [0.29, 0.717) is 11.3 Å². The standard InChI is InChI=1S/C23H17NO2/c25-20-15-24-22(17-10-5-2-6-11-17)21(23(20)26)19-13-7-12-18(14-19)16-8-3-1-4-9-16/h1-15,20,25H. The molecule has 3 aromatic carbocycles. The topological polar surface area (TPSA) is 49.7 Å². The number of ketones is 1. The fraction of sp³-hybridized carbons (Fsp3) is 0.0435. The van der Waals surface area contributed by atoms with Crippen LogP contribution in [0.4, 0.5) is 0 Å². The molecule has 1 atom stereocenters. The minimum Gasteiger partial charge on any atom is -0.379 e. The molecule has 126 valence electrons. The summed E-state index contributed by atoms with van der Waals surface area (Å²) in [6.45, 7) is 0. The fourth-order valence-corrected chi connectivity index (χ4v) is 3.12. The van der Waals surface area contributed by atoms with Gasteiger partial charge in [-0.05, 0) is 22.8 Å². The zero-order valence-corrected chi connectivity index (χ0v) is 14.0. The highest BCUT2D eigenvalue weighted by molar-refractivity contribution is 6.35. The van der Waals surface area contributed by atoms with E-state index in [0.717, 1.165) is 22.3 Å². The van der Waals surface area contributed by atoms with Gasteiger partial charge in [-0.2, -0.15) is 0 Å². The Labute approximate surface area is 152 Å². The van der Waals surface area contributed by atoms with Gasteiger partial charge in [0.15, 0.2) is 11.9 Å². The molecule has 0 aliphatic carbocycles. The van der Waals surface area contributed by atoms with Crippen LogP contribution >= 0.6 is 0 Å². The summed E-state index contributed by atoms with van der Waals surface area (Å²) in [6, 6.07) is 27.3. The maximum absolute atomic E-state index is 12.8. The lowest BCUT2D eigenvalue weighted by Crippen LogP contribution is -2.26. The molecule has 0 spiro atoms. The van der Waals surface area contributed by atoms with Crippen LogP contribution < -0.4 is 0 Å². The lowest BCUT2D eigenvalue weighted by Gasteiger charge is -2.18. The summed E-state index contributed by atoms with van der Waals surface area (Å²) in [5.74, 6) is -0.330. The highest BCUT2D eigenvalue weighted by atomic mass is 16.3. The van der Waals surface area contributed by atoms with Gasteiger partial charge < -0.3 is 5.11 Å². The van der Waals surface area contributed by atoms with E-state index in [4.69, 9.17) is 0 Å². The minimum absolute atomic E-state index is 0.330. The Kier molecular flexibility index (Phi) is 4.30. The Morgan fingerprint density at radius 1 is 0.692 bits per heavy atom. The number of aliphatic imine (C=N–C) groups is 1. The quantitative estimate of drug-likeness (QED) is 0.776. The van der Waals surface area contributed by atoms with Crippen LogP contribution in [-0.4, -0.2) is 23.2 Å². The first-order valence-corrected chi connectivity index (χ1v) is 8.46. The molecule has 0 amide bonds. The van der Waals surface area contributed by atoms with Crippen molar-refractivity contribution in [2.75, 3.05) is 0 Å². The number of hydrogen-bond donors (Lipinski definition) is 1. The molecular formula is C23H17NO2. The van der Waals surface area contributed by atoms with E-state index in [-0.39, 0.29) is 5.78 Å². The molecule has 0 fully saturated rings. The van der Waals surface area contributed by atoms with Crippen LogP contribution in [-0.2, 0) is 4.79 Å². The van der Waals surface area contributed by atoms with Crippen molar-refractivity contribution in [3.05, 3.63) is 96.1 Å². The molecule has 0 aromatic heterocycles. The zero-order valence-electron chi connectivity index (χ0n) is 14.0. The zero-order chi connectivity index (χ0) is 17.9. The van der Waals surface area contributed by atoms with Gasteiger partial charge in [0.25, 0.3) is 0 Å². The first kappa shape index (κ1) is 16.2. The monoisotopic (exact) mass is 339 g/mol. The normalized spacial score (nSPS) is 16.8. The van der Waals surface area contributed by atoms with E-state index in [1.807, 2.05) is 84.9 Å². The molecule has 1 aliphatic rings. The Balaban J connectivity index is 1.89. The third-order valence-corrected chi connectivity index (χ3v) is 4.40. The van der Waals surface area contributed by atoms with Crippen molar-refractivity contribution in [1.29, 1.82) is 0 Å². The second-order valence-electron chi connectivity index (χ2n) is 6.12. The average molecular weight is 339 g/mol. The van der Waals surface area contributed by atoms with Gasteiger partial charge in [0.05, 0.1) is 11.3 Å². The molecule has 4 rings (SSSR count). The molecule has 3 heteroatoms. The summed E-state index contributed by atoms with van der Waals surface area (Å²) in [6.07, 6.45) is 0.0905. The lowest BCUT2D eigenvalue weighted by molar-refractivity contribution is -0.118. The van der Waals surface area contributed by atoms with E-state index in [1.54, 1.807) is 0 Å². The first-order valence-electron chi connectivity index (χ1n) is 8.46. The van der Waals surface area contributed by atoms with E-state index < -0.39 is 6.10 Å². The van der Waals surface area contributed by atoms with Crippen LogP contribution in [0.3, 0.4) is 0 Å². The Morgan fingerprint density at radius 2 is 1.27 bits per heavy atom. The van der Waals surface area contributed by atoms with Crippen LogP contribution in [0, 0.1) is 0 Å². The number of carbonyl (C=O) groups is 1. The molecule has 1 aliphatic heterocycles. The number of Topliss-reactive ketones (excluding diaryl/α,β-unsaturated/α-hetero) is 1. The molecule has 0 bridgehead atoms. The van der Waals surface area contributed by atoms with Gasteiger partial charge in [0, 0.05) is 11.8 Å². The van der Waals surface area contributed by atoms with Gasteiger partial charge in [0.2, 0.25) is 0 Å².